The first-order chi connectivity index (χ1) is 24.6. The topological polar surface area (TPSA) is 61.7 Å². The summed E-state index contributed by atoms with van der Waals surface area (Å²) in [6.45, 7) is 1.86. The molecule has 0 saturated heterocycles. The van der Waals surface area contributed by atoms with Crippen LogP contribution in [0.2, 0.25) is 0 Å². The van der Waals surface area contributed by atoms with E-state index >= 15 is 0 Å². The summed E-state index contributed by atoms with van der Waals surface area (Å²) in [5.74, 6) is 0.703. The molecular weight excluding hydrogens is 609 g/mol. The van der Waals surface area contributed by atoms with Crippen molar-refractivity contribution in [2.24, 2.45) is 0 Å². The predicted octanol–water partition coefficient (Wildman–Crippen LogP) is 11.2. The molecule has 4 heteroatoms. The van der Waals surface area contributed by atoms with Crippen LogP contribution in [0.5, 0.6) is 0 Å². The van der Waals surface area contributed by atoms with Crippen LogP contribution >= 0.6 is 0 Å². The molecule has 0 spiro atoms. The molecule has 50 heavy (non-hydrogen) atoms. The molecule has 0 saturated carbocycles. The molecule has 0 unspecified atom stereocenters. The maximum absolute atomic E-state index is 8.80. The molecule has 8 rings (SSSR count). The van der Waals surface area contributed by atoms with Crippen LogP contribution in [0, 0.1) is 5.41 Å². The quantitative estimate of drug-likeness (QED) is 0.170. The smallest absolute Gasteiger partial charge is 0.160 e. The largest absolute Gasteiger partial charge is 0.354 e. The first-order valence-electron chi connectivity index (χ1n) is 16.8. The van der Waals surface area contributed by atoms with Crippen LogP contribution in [0.15, 0.2) is 170 Å². The van der Waals surface area contributed by atoms with Crippen molar-refractivity contribution in [3.8, 4) is 45.0 Å². The number of rotatable bonds is 7. The van der Waals surface area contributed by atoms with E-state index in [1.54, 1.807) is 0 Å². The van der Waals surface area contributed by atoms with E-state index in [1.165, 1.54) is 0 Å². The van der Waals surface area contributed by atoms with Gasteiger partial charge in [-0.1, -0.05) is 158 Å². The number of hydrogen-bond donors (Lipinski definition) is 2. The highest BCUT2D eigenvalue weighted by molar-refractivity contribution is 6.29. The standard InChI is InChI=1S/C46H34N4/c1-31(47)44(36-18-10-4-11-19-36)45-40-27-26-38(28-39(40)29-41(48-45)33-14-6-2-7-15-33)32-22-24-35(25-23-32)43-30-42(34-16-8-3-9-17-34)49-46(50-43)37-20-12-5-13-21-37/h2-30,47-48H,1H3/b45-44+,47-31?. The zero-order chi connectivity index (χ0) is 33.9. The van der Waals surface area contributed by atoms with Crippen molar-refractivity contribution in [3.05, 3.63) is 192 Å². The van der Waals surface area contributed by atoms with E-state index in [-0.39, 0.29) is 0 Å². The number of fused-ring (bicyclic) bond motifs is 1. The van der Waals surface area contributed by atoms with Crippen molar-refractivity contribution in [2.75, 3.05) is 0 Å². The van der Waals surface area contributed by atoms with E-state index in [4.69, 9.17) is 15.4 Å². The fourth-order valence-corrected chi connectivity index (χ4v) is 6.51. The van der Waals surface area contributed by atoms with E-state index in [9.17, 15) is 0 Å². The van der Waals surface area contributed by atoms with Crippen LogP contribution in [0.4, 0.5) is 0 Å². The van der Waals surface area contributed by atoms with Crippen molar-refractivity contribution in [1.29, 1.82) is 5.41 Å². The summed E-state index contributed by atoms with van der Waals surface area (Å²) in [6.07, 6.45) is 2.21. The van der Waals surface area contributed by atoms with Gasteiger partial charge in [0.2, 0.25) is 0 Å². The highest BCUT2D eigenvalue weighted by Gasteiger charge is 2.22. The number of allylic oxidation sites excluding steroid dienone is 1. The molecule has 1 aliphatic heterocycles. The Morgan fingerprint density at radius 1 is 0.500 bits per heavy atom. The van der Waals surface area contributed by atoms with E-state index in [0.29, 0.717) is 11.5 Å². The molecule has 7 aromatic rings. The predicted molar refractivity (Wildman–Crippen MR) is 208 cm³/mol. The monoisotopic (exact) mass is 642 g/mol. The SMILES string of the molecule is CC(=N)/C(=C1\NC(c2ccccc2)=Cc2cc(-c3ccc(-c4cc(-c5ccccc5)nc(-c5ccccc5)n4)cc3)ccc21)c1ccccc1. The van der Waals surface area contributed by atoms with Gasteiger partial charge in [0.15, 0.2) is 5.82 Å². The Hall–Kier alpha value is -6.65. The molecule has 0 bridgehead atoms. The second-order valence-electron chi connectivity index (χ2n) is 12.4. The molecule has 0 aliphatic carbocycles. The number of hydrogen-bond acceptors (Lipinski definition) is 4. The fourth-order valence-electron chi connectivity index (χ4n) is 6.51. The Morgan fingerprint density at radius 3 is 1.60 bits per heavy atom. The van der Waals surface area contributed by atoms with Crippen LogP contribution in [-0.2, 0) is 0 Å². The molecule has 0 radical (unpaired) electrons. The van der Waals surface area contributed by atoms with Gasteiger partial charge in [0, 0.05) is 39.2 Å². The first-order valence-corrected chi connectivity index (χ1v) is 16.8. The zero-order valence-corrected chi connectivity index (χ0v) is 27.6. The minimum atomic E-state index is 0.509. The second kappa shape index (κ2) is 13.5. The summed E-state index contributed by atoms with van der Waals surface area (Å²) in [5, 5.41) is 12.5. The number of nitrogens with zero attached hydrogens (tertiary/aromatic N) is 2. The molecule has 2 heterocycles. The zero-order valence-electron chi connectivity index (χ0n) is 27.6. The molecule has 1 aromatic heterocycles. The fraction of sp³-hybridized carbons (Fsp3) is 0.0217. The Labute approximate surface area is 292 Å². The number of benzene rings is 6. The van der Waals surface area contributed by atoms with Crippen molar-refractivity contribution in [2.45, 2.75) is 6.92 Å². The van der Waals surface area contributed by atoms with Gasteiger partial charge in [-0.2, -0.15) is 0 Å². The van der Waals surface area contributed by atoms with Crippen LogP contribution in [-0.4, -0.2) is 15.7 Å². The van der Waals surface area contributed by atoms with Crippen LogP contribution in [0.1, 0.15) is 29.2 Å². The Morgan fingerprint density at radius 2 is 1.00 bits per heavy atom. The molecule has 0 amide bonds. The van der Waals surface area contributed by atoms with Gasteiger partial charge in [0.05, 0.1) is 17.1 Å². The van der Waals surface area contributed by atoms with Crippen molar-refractivity contribution in [1.82, 2.24) is 15.3 Å². The van der Waals surface area contributed by atoms with Crippen molar-refractivity contribution < 1.29 is 0 Å². The lowest BCUT2D eigenvalue weighted by atomic mass is 9.88. The summed E-state index contributed by atoms with van der Waals surface area (Å²) >= 11 is 0. The van der Waals surface area contributed by atoms with Gasteiger partial charge in [-0.15, -0.1) is 0 Å². The number of aromatic nitrogens is 2. The molecule has 1 aliphatic rings. The van der Waals surface area contributed by atoms with Gasteiger partial charge in [0.1, 0.15) is 0 Å². The Kier molecular flexibility index (Phi) is 8.26. The maximum Gasteiger partial charge on any atom is 0.160 e. The summed E-state index contributed by atoms with van der Waals surface area (Å²) in [5.41, 5.74) is 14.7. The van der Waals surface area contributed by atoms with Gasteiger partial charge < -0.3 is 10.7 Å². The third-order valence-corrected chi connectivity index (χ3v) is 8.99. The van der Waals surface area contributed by atoms with Crippen LogP contribution in [0.3, 0.4) is 0 Å². The van der Waals surface area contributed by atoms with Crippen LogP contribution < -0.4 is 5.32 Å². The lowest BCUT2D eigenvalue weighted by Crippen LogP contribution is -2.19. The Bertz CT molecular complexity index is 2320. The molecular formula is C46H34N4. The van der Waals surface area contributed by atoms with E-state index in [2.05, 4.69) is 108 Å². The van der Waals surface area contributed by atoms with Crippen LogP contribution in [0.25, 0.3) is 68.1 Å². The minimum absolute atomic E-state index is 0.509. The normalized spacial score (nSPS) is 13.1. The average molecular weight is 643 g/mol. The van der Waals surface area contributed by atoms with Gasteiger partial charge in [0.25, 0.3) is 0 Å². The molecule has 6 aromatic carbocycles. The molecule has 4 nitrogen and oxygen atoms in total. The summed E-state index contributed by atoms with van der Waals surface area (Å²) < 4.78 is 0. The van der Waals surface area contributed by atoms with E-state index in [0.717, 1.165) is 78.4 Å². The Balaban J connectivity index is 1.20. The van der Waals surface area contributed by atoms with Gasteiger partial charge in [-0.25, -0.2) is 9.97 Å². The van der Waals surface area contributed by atoms with E-state index in [1.807, 2.05) is 79.7 Å². The summed E-state index contributed by atoms with van der Waals surface area (Å²) in [4.78, 5) is 9.96. The van der Waals surface area contributed by atoms with Crippen molar-refractivity contribution in [3.63, 3.8) is 0 Å². The van der Waals surface area contributed by atoms with Gasteiger partial charge in [-0.3, -0.25) is 0 Å². The minimum Gasteiger partial charge on any atom is -0.354 e. The molecule has 0 fully saturated rings. The molecule has 0 atom stereocenters. The third kappa shape index (κ3) is 6.18. The first kappa shape index (κ1) is 30.7. The lowest BCUT2D eigenvalue weighted by molar-refractivity contribution is 1.18. The maximum atomic E-state index is 8.80. The second-order valence-corrected chi connectivity index (χ2v) is 12.4. The van der Waals surface area contributed by atoms with Gasteiger partial charge >= 0.3 is 0 Å². The molecule has 238 valence electrons. The molecule has 2 N–H and O–H groups in total. The van der Waals surface area contributed by atoms with Gasteiger partial charge in [-0.05, 0) is 52.9 Å². The number of nitrogens with one attached hydrogen (secondary N) is 2. The van der Waals surface area contributed by atoms with Crippen molar-refractivity contribution >= 4 is 28.8 Å². The lowest BCUT2D eigenvalue weighted by Gasteiger charge is -2.26. The average Bonchev–Trinajstić information content (AvgIpc) is 3.19. The third-order valence-electron chi connectivity index (χ3n) is 8.99. The highest BCUT2D eigenvalue weighted by Crippen LogP contribution is 2.37. The summed E-state index contributed by atoms with van der Waals surface area (Å²) in [6, 6.07) is 58.3. The van der Waals surface area contributed by atoms with E-state index < -0.39 is 0 Å². The summed E-state index contributed by atoms with van der Waals surface area (Å²) in [7, 11) is 0. The highest BCUT2D eigenvalue weighted by atomic mass is 14.9.